The number of carbonyl (C=O) groups is 1. The van der Waals surface area contributed by atoms with Crippen molar-refractivity contribution in [2.75, 3.05) is 26.2 Å². The van der Waals surface area contributed by atoms with E-state index in [0.29, 0.717) is 25.2 Å². The molecule has 2 heterocycles. The van der Waals surface area contributed by atoms with Crippen LogP contribution in [0.3, 0.4) is 0 Å². The van der Waals surface area contributed by atoms with Crippen LogP contribution in [0.15, 0.2) is 53.4 Å². The Bertz CT molecular complexity index is 1050. The third-order valence-corrected chi connectivity index (χ3v) is 8.59. The zero-order valence-corrected chi connectivity index (χ0v) is 19.6. The first-order valence-electron chi connectivity index (χ1n) is 11.7. The standard InChI is InChI=1S/C25H33N3O3S/c1-2-23(27-16-13-20-9-4-5-10-22(20)19-27)18-26-25(29)21-11-8-12-24(17-21)32(30,31)28-14-6-3-7-15-28/h4-5,8-12,17,23H,2-3,6-7,13-16,18-19H2,1H3,(H,26,29). The van der Waals surface area contributed by atoms with Crippen molar-refractivity contribution in [1.29, 1.82) is 0 Å². The van der Waals surface area contributed by atoms with E-state index in [9.17, 15) is 13.2 Å². The van der Waals surface area contributed by atoms with Crippen LogP contribution in [0.4, 0.5) is 0 Å². The predicted octanol–water partition coefficient (Wildman–Crippen LogP) is 3.43. The molecule has 1 N–H and O–H groups in total. The van der Waals surface area contributed by atoms with Gasteiger partial charge in [-0.05, 0) is 55.0 Å². The van der Waals surface area contributed by atoms with Crippen LogP contribution in [0.1, 0.15) is 54.1 Å². The maximum atomic E-state index is 13.0. The number of piperidine rings is 1. The van der Waals surface area contributed by atoms with Gasteiger partial charge in [-0.1, -0.05) is 43.7 Å². The topological polar surface area (TPSA) is 69.7 Å². The fourth-order valence-electron chi connectivity index (χ4n) is 4.73. The largest absolute Gasteiger partial charge is 0.350 e. The number of fused-ring (bicyclic) bond motifs is 1. The fourth-order valence-corrected chi connectivity index (χ4v) is 6.29. The predicted molar refractivity (Wildman–Crippen MR) is 126 cm³/mol. The Morgan fingerprint density at radius 2 is 1.75 bits per heavy atom. The first-order valence-corrected chi connectivity index (χ1v) is 13.1. The summed E-state index contributed by atoms with van der Waals surface area (Å²) in [7, 11) is -3.55. The lowest BCUT2D eigenvalue weighted by Gasteiger charge is -2.35. The molecular weight excluding hydrogens is 422 g/mol. The van der Waals surface area contributed by atoms with Crippen LogP contribution < -0.4 is 5.32 Å². The normalized spacial score (nSPS) is 18.7. The van der Waals surface area contributed by atoms with Gasteiger partial charge in [-0.25, -0.2) is 8.42 Å². The van der Waals surface area contributed by atoms with E-state index in [2.05, 4.69) is 41.4 Å². The average Bonchev–Trinajstić information content (AvgIpc) is 2.84. The number of amides is 1. The van der Waals surface area contributed by atoms with Crippen LogP contribution in [0, 0.1) is 0 Å². The summed E-state index contributed by atoms with van der Waals surface area (Å²) in [6, 6.07) is 15.2. The molecule has 2 aromatic rings. The van der Waals surface area contributed by atoms with Crippen LogP contribution in [0.25, 0.3) is 0 Å². The molecule has 2 aliphatic heterocycles. The maximum Gasteiger partial charge on any atom is 0.251 e. The van der Waals surface area contributed by atoms with Crippen molar-refractivity contribution in [3.63, 3.8) is 0 Å². The zero-order valence-electron chi connectivity index (χ0n) is 18.8. The van der Waals surface area contributed by atoms with E-state index in [0.717, 1.165) is 45.2 Å². The lowest BCUT2D eigenvalue weighted by atomic mass is 9.98. The summed E-state index contributed by atoms with van der Waals surface area (Å²) in [4.78, 5) is 15.5. The molecule has 0 spiro atoms. The van der Waals surface area contributed by atoms with Gasteiger partial charge < -0.3 is 5.32 Å². The lowest BCUT2D eigenvalue weighted by Crippen LogP contribution is -2.45. The second-order valence-electron chi connectivity index (χ2n) is 8.75. The van der Waals surface area contributed by atoms with Crippen molar-refractivity contribution in [2.24, 2.45) is 0 Å². The Balaban J connectivity index is 1.40. The minimum Gasteiger partial charge on any atom is -0.350 e. The van der Waals surface area contributed by atoms with Gasteiger partial charge in [0.15, 0.2) is 0 Å². The molecule has 2 aliphatic rings. The molecule has 0 bridgehead atoms. The number of carbonyl (C=O) groups excluding carboxylic acids is 1. The SMILES string of the molecule is CCC(CNC(=O)c1cccc(S(=O)(=O)N2CCCCC2)c1)N1CCc2ccccc2C1. The molecule has 4 rings (SSSR count). The van der Waals surface area contributed by atoms with E-state index >= 15 is 0 Å². The van der Waals surface area contributed by atoms with Crippen LogP contribution in [-0.2, 0) is 23.0 Å². The molecule has 1 unspecified atom stereocenters. The van der Waals surface area contributed by atoms with Gasteiger partial charge in [0, 0.05) is 44.3 Å². The fraction of sp³-hybridized carbons (Fsp3) is 0.480. The number of nitrogens with one attached hydrogen (secondary N) is 1. The van der Waals surface area contributed by atoms with Crippen molar-refractivity contribution >= 4 is 15.9 Å². The molecule has 0 radical (unpaired) electrons. The molecular formula is C25H33N3O3S. The quantitative estimate of drug-likeness (QED) is 0.695. The van der Waals surface area contributed by atoms with Gasteiger partial charge >= 0.3 is 0 Å². The highest BCUT2D eigenvalue weighted by atomic mass is 32.2. The second-order valence-corrected chi connectivity index (χ2v) is 10.7. The second kappa shape index (κ2) is 10.1. The molecule has 172 valence electrons. The van der Waals surface area contributed by atoms with Gasteiger partial charge in [0.05, 0.1) is 4.90 Å². The van der Waals surface area contributed by atoms with Crippen molar-refractivity contribution in [3.05, 3.63) is 65.2 Å². The highest BCUT2D eigenvalue weighted by Gasteiger charge is 2.27. The molecule has 0 aromatic heterocycles. The van der Waals surface area contributed by atoms with Crippen molar-refractivity contribution < 1.29 is 13.2 Å². The van der Waals surface area contributed by atoms with Crippen LogP contribution in [0.5, 0.6) is 0 Å². The summed E-state index contributed by atoms with van der Waals surface area (Å²) in [5.41, 5.74) is 3.16. The smallest absolute Gasteiger partial charge is 0.251 e. The molecule has 32 heavy (non-hydrogen) atoms. The Morgan fingerprint density at radius 1 is 1.00 bits per heavy atom. The molecule has 1 atom stereocenters. The van der Waals surface area contributed by atoms with Crippen molar-refractivity contribution in [3.8, 4) is 0 Å². The monoisotopic (exact) mass is 455 g/mol. The van der Waals surface area contributed by atoms with Crippen molar-refractivity contribution in [1.82, 2.24) is 14.5 Å². The van der Waals surface area contributed by atoms with Gasteiger partial charge in [-0.15, -0.1) is 0 Å². The summed E-state index contributed by atoms with van der Waals surface area (Å²) in [6.45, 7) is 5.67. The first kappa shape index (κ1) is 23.0. The Hall–Kier alpha value is -2.22. The first-order chi connectivity index (χ1) is 15.5. The van der Waals surface area contributed by atoms with E-state index in [1.165, 1.54) is 21.5 Å². The number of nitrogens with zero attached hydrogens (tertiary/aromatic N) is 2. The van der Waals surface area contributed by atoms with E-state index in [-0.39, 0.29) is 16.8 Å². The molecule has 1 fully saturated rings. The molecule has 6 nitrogen and oxygen atoms in total. The van der Waals surface area contributed by atoms with Gasteiger partial charge in [0.25, 0.3) is 5.91 Å². The molecule has 1 saturated heterocycles. The number of benzene rings is 2. The summed E-state index contributed by atoms with van der Waals surface area (Å²) in [5.74, 6) is -0.225. The zero-order chi connectivity index (χ0) is 22.6. The maximum absolute atomic E-state index is 13.0. The van der Waals surface area contributed by atoms with Gasteiger partial charge in [0.1, 0.15) is 0 Å². The minimum absolute atomic E-state index is 0.201. The van der Waals surface area contributed by atoms with Crippen LogP contribution in [-0.4, -0.2) is 55.8 Å². The summed E-state index contributed by atoms with van der Waals surface area (Å²) in [5, 5.41) is 3.04. The Morgan fingerprint density at radius 3 is 2.50 bits per heavy atom. The van der Waals surface area contributed by atoms with E-state index in [1.807, 2.05) is 0 Å². The van der Waals surface area contributed by atoms with Gasteiger partial charge in [0.2, 0.25) is 10.0 Å². The van der Waals surface area contributed by atoms with Gasteiger partial charge in [-0.2, -0.15) is 4.31 Å². The van der Waals surface area contributed by atoms with E-state index in [4.69, 9.17) is 0 Å². The summed E-state index contributed by atoms with van der Waals surface area (Å²) >= 11 is 0. The Kier molecular flexibility index (Phi) is 7.28. The summed E-state index contributed by atoms with van der Waals surface area (Å²) in [6.07, 6.45) is 4.80. The van der Waals surface area contributed by atoms with E-state index in [1.54, 1.807) is 18.2 Å². The van der Waals surface area contributed by atoms with Gasteiger partial charge in [-0.3, -0.25) is 9.69 Å². The number of sulfonamides is 1. The van der Waals surface area contributed by atoms with Crippen molar-refractivity contribution in [2.45, 2.75) is 56.5 Å². The third kappa shape index (κ3) is 5.05. The summed E-state index contributed by atoms with van der Waals surface area (Å²) < 4.78 is 27.5. The lowest BCUT2D eigenvalue weighted by molar-refractivity contribution is 0.0926. The molecule has 7 heteroatoms. The number of rotatable bonds is 7. The molecule has 2 aromatic carbocycles. The third-order valence-electron chi connectivity index (χ3n) is 6.70. The minimum atomic E-state index is -3.55. The highest BCUT2D eigenvalue weighted by Crippen LogP contribution is 2.23. The molecule has 1 amide bonds. The van der Waals surface area contributed by atoms with Crippen LogP contribution in [0.2, 0.25) is 0 Å². The molecule has 0 aliphatic carbocycles. The van der Waals surface area contributed by atoms with Crippen LogP contribution >= 0.6 is 0 Å². The highest BCUT2D eigenvalue weighted by molar-refractivity contribution is 7.89. The number of hydrogen-bond acceptors (Lipinski definition) is 4. The Labute approximate surface area is 191 Å². The number of hydrogen-bond donors (Lipinski definition) is 1. The van der Waals surface area contributed by atoms with E-state index < -0.39 is 10.0 Å². The molecule has 0 saturated carbocycles. The average molecular weight is 456 g/mol.